The molecule has 0 saturated heterocycles. The number of nitrogens with one attached hydrogen (secondary N) is 2. The zero-order valence-electron chi connectivity index (χ0n) is 22.1. The van der Waals surface area contributed by atoms with Crippen molar-refractivity contribution in [2.24, 2.45) is 17.3 Å². The topological polar surface area (TPSA) is 132 Å². The summed E-state index contributed by atoms with van der Waals surface area (Å²) in [5.41, 5.74) is 1.34. The van der Waals surface area contributed by atoms with Crippen molar-refractivity contribution in [1.82, 2.24) is 5.10 Å². The highest BCUT2D eigenvalue weighted by Gasteiger charge is 2.25. The minimum atomic E-state index is -3.62. The first-order valence-electron chi connectivity index (χ1n) is 11.8. The van der Waals surface area contributed by atoms with Gasteiger partial charge in [-0.3, -0.25) is 4.72 Å². The summed E-state index contributed by atoms with van der Waals surface area (Å²) in [6.45, 7) is 9.96. The molecule has 3 aromatic rings. The Hall–Kier alpha value is -3.45. The zero-order chi connectivity index (χ0) is 27.3. The second-order valence-electron chi connectivity index (χ2n) is 8.80. The quantitative estimate of drug-likeness (QED) is 0.170. The molecule has 0 aliphatic heterocycles. The van der Waals surface area contributed by atoms with Crippen molar-refractivity contribution in [2.75, 3.05) is 27.8 Å². The fourth-order valence-electron chi connectivity index (χ4n) is 3.63. The smallest absolute Gasteiger partial charge is 0.431 e. The van der Waals surface area contributed by atoms with Gasteiger partial charge in [-0.2, -0.15) is 0 Å². The van der Waals surface area contributed by atoms with Gasteiger partial charge in [0.25, 0.3) is 0 Å². The number of nitrogens with zero attached hydrogens (tertiary/aromatic N) is 5. The van der Waals surface area contributed by atoms with Crippen LogP contribution >= 0.6 is 11.3 Å². The normalized spacial score (nSPS) is 11.9. The number of hydrogen-bond donors (Lipinski definition) is 3. The van der Waals surface area contributed by atoms with E-state index >= 15 is 0 Å². The number of methoxy groups -OCH3 is 1. The maximum absolute atomic E-state index is 12.4. The molecular formula is C24H34N7O4S2+. The molecule has 0 bridgehead atoms. The SMILES string of the molecule is CCS(=O)(=O)Nc1cc(Nc2ccccc2O)c(OC)cc1N=Nc1sc(N(C(C)C)C(C)C)n[n+]1C. The van der Waals surface area contributed by atoms with Gasteiger partial charge >= 0.3 is 5.13 Å². The molecule has 1 aromatic heterocycles. The molecule has 3 N–H and O–H groups in total. The summed E-state index contributed by atoms with van der Waals surface area (Å²) >= 11 is 1.39. The Bertz CT molecular complexity index is 1360. The van der Waals surface area contributed by atoms with Gasteiger partial charge in [-0.25, -0.2) is 8.42 Å². The third-order valence-electron chi connectivity index (χ3n) is 5.41. The van der Waals surface area contributed by atoms with E-state index in [0.29, 0.717) is 22.3 Å². The number of aryl methyl sites for hydroxylation is 1. The number of anilines is 4. The van der Waals surface area contributed by atoms with Gasteiger partial charge in [0.2, 0.25) is 15.2 Å². The van der Waals surface area contributed by atoms with Crippen LogP contribution in [0, 0.1) is 0 Å². The number of aromatic hydroxyl groups is 1. The van der Waals surface area contributed by atoms with Crippen LogP contribution in [0.1, 0.15) is 34.6 Å². The number of para-hydroxylation sites is 2. The minimum absolute atomic E-state index is 0.0364. The standard InChI is InChI=1S/C24H33N7O4S2/c1-8-37(33,34)29-19-13-20(25-17-11-9-10-12-21(17)32)22(35-7)14-18(19)26-27-23-30(6)28-24(36-23)31(15(2)3)16(4)5/h9-16H,8H2,1-7H3,(H2,25,26,29,32)/p+1. The van der Waals surface area contributed by atoms with Gasteiger partial charge in [-0.15, -0.1) is 4.68 Å². The van der Waals surface area contributed by atoms with Gasteiger partial charge in [0.1, 0.15) is 24.2 Å². The largest absolute Gasteiger partial charge is 0.506 e. The molecular weight excluding hydrogens is 514 g/mol. The molecule has 0 amide bonds. The molecule has 0 saturated carbocycles. The highest BCUT2D eigenvalue weighted by atomic mass is 32.2. The molecule has 1 heterocycles. The van der Waals surface area contributed by atoms with Crippen LogP contribution in [0.5, 0.6) is 11.5 Å². The number of aromatic nitrogens is 2. The average molecular weight is 549 g/mol. The molecule has 0 atom stereocenters. The van der Waals surface area contributed by atoms with Crippen molar-refractivity contribution < 1.29 is 22.9 Å². The van der Waals surface area contributed by atoms with Crippen LogP contribution in [-0.2, 0) is 17.1 Å². The van der Waals surface area contributed by atoms with Gasteiger partial charge < -0.3 is 20.1 Å². The van der Waals surface area contributed by atoms with Crippen molar-refractivity contribution in [3.63, 3.8) is 0 Å². The molecule has 0 aliphatic rings. The number of phenolic OH excluding ortho intramolecular Hbond substituents is 1. The lowest BCUT2D eigenvalue weighted by Crippen LogP contribution is -2.39. The molecule has 0 radical (unpaired) electrons. The van der Waals surface area contributed by atoms with Crippen LogP contribution < -0.4 is 24.4 Å². The molecule has 37 heavy (non-hydrogen) atoms. The highest BCUT2D eigenvalue weighted by molar-refractivity contribution is 7.92. The monoisotopic (exact) mass is 548 g/mol. The Morgan fingerprint density at radius 2 is 1.78 bits per heavy atom. The maximum atomic E-state index is 12.4. The minimum Gasteiger partial charge on any atom is -0.506 e. The second-order valence-corrected chi connectivity index (χ2v) is 11.7. The molecule has 200 valence electrons. The van der Waals surface area contributed by atoms with Crippen LogP contribution in [0.15, 0.2) is 46.6 Å². The Kier molecular flexibility index (Phi) is 8.92. The Morgan fingerprint density at radius 1 is 1.11 bits per heavy atom. The molecule has 0 aliphatic carbocycles. The Balaban J connectivity index is 2.06. The first-order chi connectivity index (χ1) is 17.5. The maximum Gasteiger partial charge on any atom is 0.431 e. The summed E-state index contributed by atoms with van der Waals surface area (Å²) in [5.74, 6) is 0.303. The number of azo groups is 1. The summed E-state index contributed by atoms with van der Waals surface area (Å²) < 4.78 is 34.6. The van der Waals surface area contributed by atoms with Crippen LogP contribution in [0.2, 0.25) is 0 Å². The molecule has 2 aromatic carbocycles. The van der Waals surface area contributed by atoms with E-state index in [0.717, 1.165) is 5.13 Å². The second kappa shape index (κ2) is 11.7. The summed E-state index contributed by atoms with van der Waals surface area (Å²) in [7, 11) is -0.345. The first-order valence-corrected chi connectivity index (χ1v) is 14.3. The van der Waals surface area contributed by atoms with Gasteiger partial charge in [-0.05, 0) is 69.3 Å². The van der Waals surface area contributed by atoms with Gasteiger partial charge in [0, 0.05) is 18.2 Å². The van der Waals surface area contributed by atoms with Crippen LogP contribution in [-0.4, -0.2) is 43.6 Å². The third kappa shape index (κ3) is 6.86. The van der Waals surface area contributed by atoms with E-state index in [4.69, 9.17) is 4.74 Å². The van der Waals surface area contributed by atoms with Gasteiger partial charge in [0.15, 0.2) is 0 Å². The van der Waals surface area contributed by atoms with Crippen molar-refractivity contribution in [3.05, 3.63) is 36.4 Å². The van der Waals surface area contributed by atoms with Crippen molar-refractivity contribution in [1.29, 1.82) is 0 Å². The number of rotatable bonds is 11. The fraction of sp³-hybridized carbons (Fsp3) is 0.417. The van der Waals surface area contributed by atoms with E-state index in [1.165, 1.54) is 18.4 Å². The van der Waals surface area contributed by atoms with E-state index in [1.54, 1.807) is 55.1 Å². The lowest BCUT2D eigenvalue weighted by atomic mass is 10.2. The van der Waals surface area contributed by atoms with Crippen LogP contribution in [0.25, 0.3) is 0 Å². The van der Waals surface area contributed by atoms with E-state index in [-0.39, 0.29) is 35.0 Å². The number of hydrogen-bond acceptors (Lipinski definition) is 10. The predicted molar refractivity (Wildman–Crippen MR) is 148 cm³/mol. The van der Waals surface area contributed by atoms with Crippen molar-refractivity contribution in [3.8, 4) is 11.5 Å². The molecule has 3 rings (SSSR count). The number of phenols is 1. The summed E-state index contributed by atoms with van der Waals surface area (Å²) in [6, 6.07) is 10.3. The summed E-state index contributed by atoms with van der Waals surface area (Å²) in [5, 5.41) is 28.0. The molecule has 0 spiro atoms. The van der Waals surface area contributed by atoms with E-state index < -0.39 is 10.0 Å². The predicted octanol–water partition coefficient (Wildman–Crippen LogP) is 5.23. The number of ether oxygens (including phenoxy) is 1. The third-order valence-corrected chi connectivity index (χ3v) is 7.70. The first kappa shape index (κ1) is 28.1. The Morgan fingerprint density at radius 3 is 2.38 bits per heavy atom. The van der Waals surface area contributed by atoms with Gasteiger partial charge in [-0.1, -0.05) is 17.2 Å². The van der Waals surface area contributed by atoms with Crippen LogP contribution in [0.3, 0.4) is 0 Å². The van der Waals surface area contributed by atoms with Crippen LogP contribution in [0.4, 0.5) is 33.0 Å². The molecule has 0 fully saturated rings. The Labute approximate surface area is 221 Å². The highest BCUT2D eigenvalue weighted by Crippen LogP contribution is 2.40. The van der Waals surface area contributed by atoms with E-state index in [2.05, 4.69) is 58.0 Å². The molecule has 0 unspecified atom stereocenters. The zero-order valence-corrected chi connectivity index (χ0v) is 23.7. The van der Waals surface area contributed by atoms with E-state index in [1.807, 2.05) is 0 Å². The fourth-order valence-corrected chi connectivity index (χ4v) is 5.38. The van der Waals surface area contributed by atoms with Gasteiger partial charge in [0.05, 0.1) is 35.0 Å². The average Bonchev–Trinajstić information content (AvgIpc) is 3.18. The number of benzene rings is 2. The van der Waals surface area contributed by atoms with Crippen molar-refractivity contribution in [2.45, 2.75) is 46.7 Å². The number of sulfonamides is 1. The summed E-state index contributed by atoms with van der Waals surface area (Å²) in [4.78, 5) is 2.19. The lowest BCUT2D eigenvalue weighted by Gasteiger charge is -2.28. The lowest BCUT2D eigenvalue weighted by molar-refractivity contribution is -0.712. The summed E-state index contributed by atoms with van der Waals surface area (Å²) in [6.07, 6.45) is 0. The molecule has 13 heteroatoms. The van der Waals surface area contributed by atoms with Crippen molar-refractivity contribution >= 4 is 54.4 Å². The molecule has 11 nitrogen and oxygen atoms in total. The van der Waals surface area contributed by atoms with E-state index in [9.17, 15) is 13.5 Å².